The van der Waals surface area contributed by atoms with Gasteiger partial charge < -0.3 is 5.73 Å². The molecule has 1 saturated heterocycles. The molecule has 2 atom stereocenters. The Hall–Kier alpha value is -0.130. The van der Waals surface area contributed by atoms with Crippen molar-refractivity contribution < 1.29 is 4.84 Å². The van der Waals surface area contributed by atoms with Gasteiger partial charge in [-0.05, 0) is 31.9 Å². The first kappa shape index (κ1) is 12.3. The van der Waals surface area contributed by atoms with Crippen LogP contribution in [0.4, 0.5) is 0 Å². The molecule has 0 bridgehead atoms. The maximum absolute atomic E-state index is 6.05. The summed E-state index contributed by atoms with van der Waals surface area (Å²) in [6, 6.07) is 4.12. The molecule has 0 radical (unpaired) electrons. The molecule has 0 saturated carbocycles. The van der Waals surface area contributed by atoms with E-state index in [1.165, 1.54) is 11.3 Å². The quantitative estimate of drug-likeness (QED) is 0.908. The lowest BCUT2D eigenvalue weighted by atomic mass is 10.1. The van der Waals surface area contributed by atoms with Crippen molar-refractivity contribution in [2.24, 2.45) is 5.73 Å². The van der Waals surface area contributed by atoms with Crippen molar-refractivity contribution in [1.82, 2.24) is 5.06 Å². The number of halogens is 1. The molecule has 90 valence electrons. The predicted molar refractivity (Wildman–Crippen MR) is 67.6 cm³/mol. The fourth-order valence-corrected chi connectivity index (χ4v) is 3.27. The Morgan fingerprint density at radius 3 is 2.81 bits per heavy atom. The first-order valence-electron chi connectivity index (χ1n) is 5.59. The second kappa shape index (κ2) is 5.47. The minimum atomic E-state index is 0.0350. The summed E-state index contributed by atoms with van der Waals surface area (Å²) in [4.78, 5) is 6.86. The molecule has 0 aromatic carbocycles. The molecule has 1 aromatic rings. The van der Waals surface area contributed by atoms with E-state index in [2.05, 4.69) is 0 Å². The summed E-state index contributed by atoms with van der Waals surface area (Å²) in [5, 5.41) is 2.01. The fourth-order valence-electron chi connectivity index (χ4n) is 1.99. The summed E-state index contributed by atoms with van der Waals surface area (Å²) in [5.41, 5.74) is 6.05. The molecule has 2 N–H and O–H groups in total. The molecule has 2 heterocycles. The second-order valence-electron chi connectivity index (χ2n) is 4.13. The van der Waals surface area contributed by atoms with E-state index in [1.807, 2.05) is 24.1 Å². The van der Waals surface area contributed by atoms with E-state index < -0.39 is 0 Å². The van der Waals surface area contributed by atoms with Crippen molar-refractivity contribution in [3.05, 3.63) is 21.3 Å². The van der Waals surface area contributed by atoms with Crippen LogP contribution in [0.25, 0.3) is 0 Å². The van der Waals surface area contributed by atoms with Crippen LogP contribution in [0.15, 0.2) is 12.1 Å². The number of nitrogens with zero attached hydrogens (tertiary/aromatic N) is 1. The van der Waals surface area contributed by atoms with E-state index in [0.717, 1.165) is 23.9 Å². The van der Waals surface area contributed by atoms with Crippen molar-refractivity contribution in [3.63, 3.8) is 0 Å². The molecule has 1 aliphatic rings. The summed E-state index contributed by atoms with van der Waals surface area (Å²) in [5.74, 6) is 0. The number of hydrogen-bond acceptors (Lipinski definition) is 4. The molecule has 0 spiro atoms. The highest BCUT2D eigenvalue weighted by atomic mass is 35.5. The highest BCUT2D eigenvalue weighted by Crippen LogP contribution is 2.33. The minimum absolute atomic E-state index is 0.0350. The highest BCUT2D eigenvalue weighted by molar-refractivity contribution is 7.16. The fraction of sp³-hybridized carbons (Fsp3) is 0.636. The van der Waals surface area contributed by atoms with E-state index in [0.29, 0.717) is 0 Å². The van der Waals surface area contributed by atoms with Gasteiger partial charge >= 0.3 is 0 Å². The van der Waals surface area contributed by atoms with Gasteiger partial charge in [0.2, 0.25) is 0 Å². The molecular weight excluding hydrogens is 244 g/mol. The van der Waals surface area contributed by atoms with Crippen LogP contribution in [-0.2, 0) is 4.84 Å². The Morgan fingerprint density at radius 1 is 1.50 bits per heavy atom. The predicted octanol–water partition coefficient (Wildman–Crippen LogP) is 2.82. The maximum Gasteiger partial charge on any atom is 0.0931 e. The zero-order chi connectivity index (χ0) is 11.5. The smallest absolute Gasteiger partial charge is 0.0931 e. The van der Waals surface area contributed by atoms with Crippen LogP contribution >= 0.6 is 22.9 Å². The molecule has 3 nitrogen and oxygen atoms in total. The number of hydrogen-bond donors (Lipinski definition) is 1. The summed E-state index contributed by atoms with van der Waals surface area (Å²) in [7, 11) is 0. The lowest BCUT2D eigenvalue weighted by Gasteiger charge is -2.35. The van der Waals surface area contributed by atoms with Crippen molar-refractivity contribution in [1.29, 1.82) is 0 Å². The van der Waals surface area contributed by atoms with E-state index in [9.17, 15) is 0 Å². The average Bonchev–Trinajstić information content (AvgIpc) is 2.66. The number of nitrogens with two attached hydrogens (primary N) is 1. The molecule has 0 amide bonds. The van der Waals surface area contributed by atoms with Crippen LogP contribution in [0.1, 0.15) is 30.7 Å². The monoisotopic (exact) mass is 260 g/mol. The van der Waals surface area contributed by atoms with Gasteiger partial charge in [-0.15, -0.1) is 11.3 Å². The van der Waals surface area contributed by atoms with Crippen molar-refractivity contribution >= 4 is 22.9 Å². The van der Waals surface area contributed by atoms with Gasteiger partial charge in [0, 0.05) is 17.5 Å². The van der Waals surface area contributed by atoms with Crippen LogP contribution in [-0.4, -0.2) is 24.3 Å². The van der Waals surface area contributed by atoms with E-state index in [-0.39, 0.29) is 12.1 Å². The van der Waals surface area contributed by atoms with Gasteiger partial charge in [0.15, 0.2) is 0 Å². The van der Waals surface area contributed by atoms with Gasteiger partial charge in [-0.25, -0.2) is 0 Å². The molecule has 1 fully saturated rings. The highest BCUT2D eigenvalue weighted by Gasteiger charge is 2.27. The molecule has 0 aliphatic carbocycles. The van der Waals surface area contributed by atoms with Crippen LogP contribution in [0.2, 0.25) is 4.34 Å². The van der Waals surface area contributed by atoms with Crippen LogP contribution < -0.4 is 5.73 Å². The molecule has 5 heteroatoms. The normalized spacial score (nSPS) is 21.9. The first-order chi connectivity index (χ1) is 7.68. The Morgan fingerprint density at radius 2 is 2.31 bits per heavy atom. The zero-order valence-electron chi connectivity index (χ0n) is 9.36. The van der Waals surface area contributed by atoms with Gasteiger partial charge in [-0.3, -0.25) is 4.84 Å². The third-order valence-corrected chi connectivity index (χ3v) is 4.03. The molecule has 2 unspecified atom stereocenters. The van der Waals surface area contributed by atoms with Gasteiger partial charge in [-0.1, -0.05) is 11.6 Å². The summed E-state index contributed by atoms with van der Waals surface area (Å²) in [6.07, 6.45) is 2.30. The Bertz CT molecular complexity index is 336. The molecule has 2 rings (SSSR count). The first-order valence-corrected chi connectivity index (χ1v) is 6.78. The maximum atomic E-state index is 6.05. The van der Waals surface area contributed by atoms with E-state index in [1.54, 1.807) is 11.3 Å². The number of thiophene rings is 1. The Kier molecular flexibility index (Phi) is 4.21. The SMILES string of the molecule is CC(N)C(c1ccc(Cl)s1)N1CCCCO1. The molecule has 1 aromatic heterocycles. The largest absolute Gasteiger partial charge is 0.326 e. The lowest BCUT2D eigenvalue weighted by Crippen LogP contribution is -2.41. The Balaban J connectivity index is 2.16. The number of rotatable bonds is 3. The van der Waals surface area contributed by atoms with Crippen LogP contribution in [0.5, 0.6) is 0 Å². The van der Waals surface area contributed by atoms with Crippen LogP contribution in [0, 0.1) is 0 Å². The summed E-state index contributed by atoms with van der Waals surface area (Å²) in [6.45, 7) is 3.75. The number of hydroxylamine groups is 2. The zero-order valence-corrected chi connectivity index (χ0v) is 10.9. The van der Waals surface area contributed by atoms with E-state index in [4.69, 9.17) is 22.2 Å². The van der Waals surface area contributed by atoms with Gasteiger partial charge in [0.05, 0.1) is 17.0 Å². The third kappa shape index (κ3) is 2.76. The molecule has 1 aliphatic heterocycles. The Labute approximate surface area is 105 Å². The van der Waals surface area contributed by atoms with E-state index >= 15 is 0 Å². The topological polar surface area (TPSA) is 38.5 Å². The standard InChI is InChI=1S/C11H17ClN2OS/c1-8(13)11(9-4-5-10(12)16-9)14-6-2-3-7-15-14/h4-5,8,11H,2-3,6-7,13H2,1H3. The van der Waals surface area contributed by atoms with Gasteiger partial charge in [-0.2, -0.15) is 5.06 Å². The third-order valence-electron chi connectivity index (χ3n) is 2.72. The van der Waals surface area contributed by atoms with Crippen molar-refractivity contribution in [2.45, 2.75) is 31.8 Å². The summed E-state index contributed by atoms with van der Waals surface area (Å²) >= 11 is 7.55. The van der Waals surface area contributed by atoms with Crippen molar-refractivity contribution in [2.75, 3.05) is 13.2 Å². The van der Waals surface area contributed by atoms with Crippen molar-refractivity contribution in [3.8, 4) is 0 Å². The minimum Gasteiger partial charge on any atom is -0.326 e. The lowest BCUT2D eigenvalue weighted by molar-refractivity contribution is -0.210. The summed E-state index contributed by atoms with van der Waals surface area (Å²) < 4.78 is 0.803. The molecular formula is C11H17ClN2OS. The van der Waals surface area contributed by atoms with Crippen LogP contribution in [0.3, 0.4) is 0 Å². The second-order valence-corrected chi connectivity index (χ2v) is 5.87. The average molecular weight is 261 g/mol. The molecule has 16 heavy (non-hydrogen) atoms. The van der Waals surface area contributed by atoms with Gasteiger partial charge in [0.1, 0.15) is 0 Å². The van der Waals surface area contributed by atoms with Gasteiger partial charge in [0.25, 0.3) is 0 Å².